The number of aromatic nitrogens is 1. The van der Waals surface area contributed by atoms with E-state index in [2.05, 4.69) is 52.3 Å². The van der Waals surface area contributed by atoms with Crippen LogP contribution in [0, 0.1) is 0 Å². The van der Waals surface area contributed by atoms with Crippen molar-refractivity contribution in [2.45, 2.75) is 36.9 Å². The number of aliphatic hydroxyl groups excluding tert-OH is 1. The van der Waals surface area contributed by atoms with Gasteiger partial charge in [0.05, 0.1) is 17.7 Å². The second kappa shape index (κ2) is 6.41. The second-order valence-electron chi connectivity index (χ2n) is 7.98. The minimum atomic E-state index is -0.487. The Morgan fingerprint density at radius 3 is 2.63 bits per heavy atom. The zero-order valence-electron chi connectivity index (χ0n) is 15.4. The standard InChI is InChI=1S/C23H25N3O/c24-21-18-6-1-3-7-19(18)23(22(21)27)10-13-26(14-11-23)15-16-9-12-25-20-8-4-2-5-17(16)20/h1-9,12,21-22,27H,10-11,13-15,24H2/t21-,22+/m0/s1. The monoisotopic (exact) mass is 359 g/mol. The lowest BCUT2D eigenvalue weighted by molar-refractivity contribution is 0.0272. The number of nitrogens with zero attached hydrogens (tertiary/aromatic N) is 2. The third-order valence-corrected chi connectivity index (χ3v) is 6.64. The molecule has 2 heterocycles. The number of hydrogen-bond acceptors (Lipinski definition) is 4. The summed E-state index contributed by atoms with van der Waals surface area (Å²) in [5, 5.41) is 12.2. The first kappa shape index (κ1) is 16.9. The van der Waals surface area contributed by atoms with Crippen LogP contribution in [0.3, 0.4) is 0 Å². The lowest BCUT2D eigenvalue weighted by atomic mass is 9.72. The molecule has 138 valence electrons. The number of piperidine rings is 1. The molecule has 4 nitrogen and oxygen atoms in total. The van der Waals surface area contributed by atoms with E-state index in [9.17, 15) is 5.11 Å². The number of nitrogens with two attached hydrogens (primary N) is 1. The van der Waals surface area contributed by atoms with E-state index in [1.54, 1.807) is 0 Å². The molecule has 2 aromatic carbocycles. The van der Waals surface area contributed by atoms with Crippen LogP contribution in [0.5, 0.6) is 0 Å². The van der Waals surface area contributed by atoms with Crippen molar-refractivity contribution in [3.8, 4) is 0 Å². The van der Waals surface area contributed by atoms with Crippen LogP contribution < -0.4 is 5.73 Å². The van der Waals surface area contributed by atoms with Gasteiger partial charge in [0.25, 0.3) is 0 Å². The van der Waals surface area contributed by atoms with Crippen LogP contribution in [0.25, 0.3) is 10.9 Å². The van der Waals surface area contributed by atoms with Gasteiger partial charge >= 0.3 is 0 Å². The van der Waals surface area contributed by atoms with E-state index in [0.717, 1.165) is 43.6 Å². The fraction of sp³-hybridized carbons (Fsp3) is 0.348. The van der Waals surface area contributed by atoms with Gasteiger partial charge < -0.3 is 10.8 Å². The van der Waals surface area contributed by atoms with E-state index in [1.807, 2.05) is 18.3 Å². The Morgan fingerprint density at radius 1 is 1.04 bits per heavy atom. The van der Waals surface area contributed by atoms with Gasteiger partial charge in [-0.3, -0.25) is 9.88 Å². The largest absolute Gasteiger partial charge is 0.390 e. The van der Waals surface area contributed by atoms with Crippen molar-refractivity contribution in [3.05, 3.63) is 77.5 Å². The molecular weight excluding hydrogens is 334 g/mol. The summed E-state index contributed by atoms with van der Waals surface area (Å²) in [6, 6.07) is 18.5. The fourth-order valence-electron chi connectivity index (χ4n) is 5.12. The summed E-state index contributed by atoms with van der Waals surface area (Å²) in [4.78, 5) is 6.96. The minimum absolute atomic E-state index is 0.188. The van der Waals surface area contributed by atoms with E-state index < -0.39 is 6.10 Å². The van der Waals surface area contributed by atoms with Crippen molar-refractivity contribution in [1.82, 2.24) is 9.88 Å². The van der Waals surface area contributed by atoms with Crippen LogP contribution in [-0.4, -0.2) is 34.2 Å². The normalized spacial score (nSPS) is 24.4. The average Bonchev–Trinajstić information content (AvgIpc) is 2.93. The number of rotatable bonds is 2. The molecule has 2 atom stereocenters. The van der Waals surface area contributed by atoms with Gasteiger partial charge in [0.1, 0.15) is 0 Å². The highest BCUT2D eigenvalue weighted by Gasteiger charge is 2.51. The highest BCUT2D eigenvalue weighted by molar-refractivity contribution is 5.81. The summed E-state index contributed by atoms with van der Waals surface area (Å²) in [6.45, 7) is 2.85. The van der Waals surface area contributed by atoms with Crippen molar-refractivity contribution in [2.24, 2.45) is 5.73 Å². The maximum atomic E-state index is 11.0. The lowest BCUT2D eigenvalue weighted by Gasteiger charge is -2.42. The molecule has 1 spiro atoms. The number of likely N-dealkylation sites (tertiary alicyclic amines) is 1. The van der Waals surface area contributed by atoms with Crippen molar-refractivity contribution in [1.29, 1.82) is 0 Å². The Labute approximate surface area is 159 Å². The quantitative estimate of drug-likeness (QED) is 0.738. The van der Waals surface area contributed by atoms with Gasteiger partial charge in [0.2, 0.25) is 0 Å². The summed E-state index contributed by atoms with van der Waals surface area (Å²) in [6.07, 6.45) is 3.31. The van der Waals surface area contributed by atoms with E-state index in [-0.39, 0.29) is 11.5 Å². The number of aliphatic hydroxyl groups is 1. The fourth-order valence-corrected chi connectivity index (χ4v) is 5.12. The predicted octanol–water partition coefficient (Wildman–Crippen LogP) is 3.14. The van der Waals surface area contributed by atoms with Crippen LogP contribution in [0.2, 0.25) is 0 Å². The molecule has 0 saturated carbocycles. The second-order valence-corrected chi connectivity index (χ2v) is 7.98. The zero-order chi connectivity index (χ0) is 18.4. The molecule has 27 heavy (non-hydrogen) atoms. The van der Waals surface area contributed by atoms with Gasteiger partial charge in [0.15, 0.2) is 0 Å². The van der Waals surface area contributed by atoms with E-state index in [0.29, 0.717) is 0 Å². The molecule has 1 fully saturated rings. The van der Waals surface area contributed by atoms with E-state index >= 15 is 0 Å². The number of hydrogen-bond donors (Lipinski definition) is 2. The van der Waals surface area contributed by atoms with Crippen molar-refractivity contribution >= 4 is 10.9 Å². The number of para-hydroxylation sites is 1. The van der Waals surface area contributed by atoms with Crippen LogP contribution in [0.1, 0.15) is 35.6 Å². The summed E-state index contributed by atoms with van der Waals surface area (Å²) < 4.78 is 0. The molecule has 1 saturated heterocycles. The molecule has 0 unspecified atom stereocenters. The van der Waals surface area contributed by atoms with Gasteiger partial charge in [-0.15, -0.1) is 0 Å². The van der Waals surface area contributed by atoms with Gasteiger partial charge in [-0.05, 0) is 54.8 Å². The van der Waals surface area contributed by atoms with E-state index in [1.165, 1.54) is 16.5 Å². The maximum Gasteiger partial charge on any atom is 0.0830 e. The Bertz CT molecular complexity index is 973. The van der Waals surface area contributed by atoms with Gasteiger partial charge in [-0.2, -0.15) is 0 Å². The molecule has 3 aromatic rings. The molecule has 2 aliphatic rings. The molecule has 3 N–H and O–H groups in total. The van der Waals surface area contributed by atoms with E-state index in [4.69, 9.17) is 5.73 Å². The molecule has 1 aliphatic carbocycles. The van der Waals surface area contributed by atoms with Crippen LogP contribution >= 0.6 is 0 Å². The molecule has 0 radical (unpaired) electrons. The average molecular weight is 359 g/mol. The zero-order valence-corrected chi connectivity index (χ0v) is 15.4. The first-order chi connectivity index (χ1) is 13.2. The summed E-state index contributed by atoms with van der Waals surface area (Å²) in [7, 11) is 0. The first-order valence-corrected chi connectivity index (χ1v) is 9.77. The third-order valence-electron chi connectivity index (χ3n) is 6.64. The summed E-state index contributed by atoms with van der Waals surface area (Å²) in [5.41, 5.74) is 10.9. The van der Waals surface area contributed by atoms with Crippen LogP contribution in [-0.2, 0) is 12.0 Å². The Kier molecular flexibility index (Phi) is 4.01. The topological polar surface area (TPSA) is 62.4 Å². The Morgan fingerprint density at radius 2 is 1.78 bits per heavy atom. The molecular formula is C23H25N3O. The lowest BCUT2D eigenvalue weighted by Crippen LogP contribution is -2.48. The van der Waals surface area contributed by atoms with Crippen molar-refractivity contribution in [2.75, 3.05) is 13.1 Å². The molecule has 0 bridgehead atoms. The molecule has 1 aliphatic heterocycles. The van der Waals surface area contributed by atoms with Crippen molar-refractivity contribution in [3.63, 3.8) is 0 Å². The summed E-state index contributed by atoms with van der Waals surface area (Å²) >= 11 is 0. The highest BCUT2D eigenvalue weighted by atomic mass is 16.3. The molecule has 5 rings (SSSR count). The maximum absolute atomic E-state index is 11.0. The minimum Gasteiger partial charge on any atom is -0.390 e. The summed E-state index contributed by atoms with van der Waals surface area (Å²) in [5.74, 6) is 0. The van der Waals surface area contributed by atoms with Crippen molar-refractivity contribution < 1.29 is 5.11 Å². The Hall–Kier alpha value is -2.27. The van der Waals surface area contributed by atoms with Crippen LogP contribution in [0.4, 0.5) is 0 Å². The Balaban J connectivity index is 1.38. The SMILES string of the molecule is N[C@H]1c2ccccc2C2(CCN(Cc3ccnc4ccccc34)CC2)[C@@H]1O. The van der Waals surface area contributed by atoms with Crippen LogP contribution in [0.15, 0.2) is 60.8 Å². The van der Waals surface area contributed by atoms with Gasteiger partial charge in [0, 0.05) is 23.5 Å². The number of fused-ring (bicyclic) bond motifs is 3. The number of benzene rings is 2. The highest BCUT2D eigenvalue weighted by Crippen LogP contribution is 2.50. The van der Waals surface area contributed by atoms with Gasteiger partial charge in [-0.25, -0.2) is 0 Å². The van der Waals surface area contributed by atoms with Gasteiger partial charge in [-0.1, -0.05) is 42.5 Å². The molecule has 1 aromatic heterocycles. The predicted molar refractivity (Wildman–Crippen MR) is 107 cm³/mol. The number of pyridine rings is 1. The molecule has 4 heteroatoms. The smallest absolute Gasteiger partial charge is 0.0830 e. The third kappa shape index (κ3) is 2.59. The first-order valence-electron chi connectivity index (χ1n) is 9.77. The molecule has 0 amide bonds.